The Morgan fingerprint density at radius 1 is 1.11 bits per heavy atom. The molecule has 0 aliphatic carbocycles. The second kappa shape index (κ2) is 9.07. The molecule has 0 aliphatic rings. The average molecular weight is 490 g/mol. The monoisotopic (exact) mass is 489 g/mol. The van der Waals surface area contributed by atoms with Gasteiger partial charge >= 0.3 is 0 Å². The van der Waals surface area contributed by atoms with Crippen molar-refractivity contribution in [3.05, 3.63) is 87.4 Å². The zero-order valence-corrected chi connectivity index (χ0v) is 19.6. The van der Waals surface area contributed by atoms with Crippen LogP contribution in [0, 0.1) is 6.92 Å². The number of H-pyrrole nitrogens is 1. The molecule has 0 aliphatic heterocycles. The van der Waals surface area contributed by atoms with E-state index in [2.05, 4.69) is 25.5 Å². The summed E-state index contributed by atoms with van der Waals surface area (Å²) >= 11 is 6.00. The second-order valence-corrected chi connectivity index (χ2v) is 8.09. The molecule has 0 bridgehead atoms. The third-order valence-corrected chi connectivity index (χ3v) is 5.45. The molecule has 2 aromatic carbocycles. The van der Waals surface area contributed by atoms with Crippen molar-refractivity contribution in [3.63, 3.8) is 0 Å². The van der Waals surface area contributed by atoms with Crippen molar-refractivity contribution in [2.24, 2.45) is 0 Å². The van der Waals surface area contributed by atoms with E-state index in [0.717, 1.165) is 0 Å². The highest BCUT2D eigenvalue weighted by molar-refractivity contribution is 6.30. The molecular formula is C24H20ClN7O3. The highest BCUT2D eigenvalue weighted by Crippen LogP contribution is 2.20. The topological polar surface area (TPSA) is 120 Å². The van der Waals surface area contributed by atoms with Crippen LogP contribution in [0.15, 0.2) is 65.6 Å². The lowest BCUT2D eigenvalue weighted by atomic mass is 10.2. The van der Waals surface area contributed by atoms with Crippen LogP contribution >= 0.6 is 11.6 Å². The fourth-order valence-electron chi connectivity index (χ4n) is 3.59. The normalized spacial score (nSPS) is 11.1. The lowest BCUT2D eigenvalue weighted by Crippen LogP contribution is -2.19. The molecule has 2 N–H and O–H groups in total. The van der Waals surface area contributed by atoms with E-state index in [1.54, 1.807) is 66.2 Å². The fraction of sp³-hybridized carbons (Fsp3) is 0.125. The van der Waals surface area contributed by atoms with Gasteiger partial charge in [-0.25, -0.2) is 4.68 Å². The first-order chi connectivity index (χ1) is 16.9. The smallest absolute Gasteiger partial charge is 0.263 e. The van der Waals surface area contributed by atoms with Crippen LogP contribution in [0.2, 0.25) is 5.02 Å². The molecule has 10 nitrogen and oxygen atoms in total. The van der Waals surface area contributed by atoms with Crippen molar-refractivity contribution >= 4 is 34.4 Å². The van der Waals surface area contributed by atoms with Gasteiger partial charge in [-0.05, 0) is 62.4 Å². The average Bonchev–Trinajstić information content (AvgIpc) is 3.44. The Labute approximate surface area is 204 Å². The van der Waals surface area contributed by atoms with E-state index in [1.807, 2.05) is 6.92 Å². The fourth-order valence-corrected chi connectivity index (χ4v) is 3.71. The first-order valence-electron chi connectivity index (χ1n) is 10.8. The van der Waals surface area contributed by atoms with Crippen LogP contribution in [-0.2, 0) is 0 Å². The molecule has 1 amide bonds. The maximum absolute atomic E-state index is 12.9. The number of carbonyl (C=O) groups is 1. The number of carbonyl (C=O) groups excluding carboxylic acids is 1. The number of nitrogens with one attached hydrogen (secondary N) is 2. The number of aromatic nitrogens is 6. The van der Waals surface area contributed by atoms with Crippen molar-refractivity contribution in [1.82, 2.24) is 29.5 Å². The lowest BCUT2D eigenvalue weighted by molar-refractivity contribution is 0.102. The van der Waals surface area contributed by atoms with Crippen molar-refractivity contribution in [2.45, 2.75) is 13.8 Å². The van der Waals surface area contributed by atoms with Crippen LogP contribution in [-0.4, -0.2) is 42.0 Å². The summed E-state index contributed by atoms with van der Waals surface area (Å²) in [6.45, 7) is 4.20. The Hall–Kier alpha value is -4.44. The van der Waals surface area contributed by atoms with Crippen LogP contribution in [0.3, 0.4) is 0 Å². The third kappa shape index (κ3) is 4.38. The predicted molar refractivity (Wildman–Crippen MR) is 132 cm³/mol. The van der Waals surface area contributed by atoms with E-state index in [4.69, 9.17) is 16.3 Å². The minimum atomic E-state index is -0.387. The highest BCUT2D eigenvalue weighted by atomic mass is 35.5. The molecule has 0 radical (unpaired) electrons. The van der Waals surface area contributed by atoms with E-state index < -0.39 is 0 Å². The standard InChI is InChI=1S/C24H20ClN7O3/c1-3-35-18-10-4-15(5-11-18)22(33)27-20-12-14(2)30-32(20)24-28-21-19(23(34)29-24)13-26-31(21)17-8-6-16(25)7-9-17/h4-13H,3H2,1-2H3,(H,27,33)(H,28,29,34). The third-order valence-electron chi connectivity index (χ3n) is 5.20. The number of nitrogens with zero attached hydrogens (tertiary/aromatic N) is 5. The number of anilines is 1. The summed E-state index contributed by atoms with van der Waals surface area (Å²) in [5.74, 6) is 0.816. The first kappa shape index (κ1) is 22.4. The summed E-state index contributed by atoms with van der Waals surface area (Å²) in [6.07, 6.45) is 1.45. The molecule has 3 aromatic heterocycles. The highest BCUT2D eigenvalue weighted by Gasteiger charge is 2.17. The van der Waals surface area contributed by atoms with Gasteiger partial charge in [-0.2, -0.15) is 19.9 Å². The molecule has 35 heavy (non-hydrogen) atoms. The summed E-state index contributed by atoms with van der Waals surface area (Å²) in [5.41, 5.74) is 1.71. The maximum atomic E-state index is 12.9. The lowest BCUT2D eigenvalue weighted by Gasteiger charge is -2.09. The van der Waals surface area contributed by atoms with Gasteiger partial charge in [-0.3, -0.25) is 14.6 Å². The summed E-state index contributed by atoms with van der Waals surface area (Å²) < 4.78 is 8.34. The summed E-state index contributed by atoms with van der Waals surface area (Å²) in [4.78, 5) is 33.0. The molecule has 0 saturated heterocycles. The second-order valence-electron chi connectivity index (χ2n) is 7.65. The van der Waals surface area contributed by atoms with Gasteiger partial charge in [0.15, 0.2) is 5.65 Å². The van der Waals surface area contributed by atoms with Gasteiger partial charge in [0.25, 0.3) is 11.5 Å². The van der Waals surface area contributed by atoms with Gasteiger partial charge in [-0.15, -0.1) is 0 Å². The van der Waals surface area contributed by atoms with E-state index in [-0.39, 0.29) is 17.4 Å². The molecule has 3 heterocycles. The van der Waals surface area contributed by atoms with Crippen LogP contribution in [0.5, 0.6) is 5.75 Å². The largest absolute Gasteiger partial charge is 0.494 e. The number of hydrogen-bond acceptors (Lipinski definition) is 6. The minimum absolute atomic E-state index is 0.133. The van der Waals surface area contributed by atoms with E-state index >= 15 is 0 Å². The summed E-state index contributed by atoms with van der Waals surface area (Å²) in [6, 6.07) is 15.5. The number of benzene rings is 2. The summed E-state index contributed by atoms with van der Waals surface area (Å²) in [5, 5.41) is 12.4. The number of aryl methyl sites for hydroxylation is 1. The van der Waals surface area contributed by atoms with Gasteiger partial charge in [0, 0.05) is 16.7 Å². The Kier molecular flexibility index (Phi) is 5.79. The van der Waals surface area contributed by atoms with Gasteiger partial charge in [0.2, 0.25) is 5.95 Å². The predicted octanol–water partition coefficient (Wildman–Crippen LogP) is 3.91. The van der Waals surface area contributed by atoms with Crippen molar-refractivity contribution in [3.8, 4) is 17.4 Å². The maximum Gasteiger partial charge on any atom is 0.263 e. The van der Waals surface area contributed by atoms with Gasteiger partial charge in [-0.1, -0.05) is 11.6 Å². The van der Waals surface area contributed by atoms with Crippen LogP contribution in [0.25, 0.3) is 22.7 Å². The number of aromatic amines is 1. The molecular weight excluding hydrogens is 470 g/mol. The zero-order chi connectivity index (χ0) is 24.5. The van der Waals surface area contributed by atoms with Crippen molar-refractivity contribution in [2.75, 3.05) is 11.9 Å². The molecule has 0 spiro atoms. The van der Waals surface area contributed by atoms with Crippen LogP contribution in [0.4, 0.5) is 5.82 Å². The molecule has 11 heteroatoms. The SMILES string of the molecule is CCOc1ccc(C(=O)Nc2cc(C)nn2-c2nc3c(cnn3-c3ccc(Cl)cc3)c(=O)[nH]2)cc1. The number of amides is 1. The Morgan fingerprint density at radius 3 is 2.57 bits per heavy atom. The number of fused-ring (bicyclic) bond motifs is 1. The Bertz CT molecular complexity index is 1580. The van der Waals surface area contributed by atoms with Crippen LogP contribution < -0.4 is 15.6 Å². The Balaban J connectivity index is 1.52. The number of rotatable bonds is 6. The van der Waals surface area contributed by atoms with Gasteiger partial charge in [0.05, 0.1) is 24.2 Å². The van der Waals surface area contributed by atoms with E-state index in [1.165, 1.54) is 10.9 Å². The molecule has 5 aromatic rings. The van der Waals surface area contributed by atoms with Crippen LogP contribution in [0.1, 0.15) is 23.0 Å². The minimum Gasteiger partial charge on any atom is -0.494 e. The molecule has 0 unspecified atom stereocenters. The van der Waals surface area contributed by atoms with Gasteiger partial charge < -0.3 is 10.1 Å². The molecule has 5 rings (SSSR count). The van der Waals surface area contributed by atoms with Gasteiger partial charge in [0.1, 0.15) is 17.0 Å². The number of hydrogen-bond donors (Lipinski definition) is 2. The molecule has 176 valence electrons. The summed E-state index contributed by atoms with van der Waals surface area (Å²) in [7, 11) is 0. The first-order valence-corrected chi connectivity index (χ1v) is 11.2. The Morgan fingerprint density at radius 2 is 1.86 bits per heavy atom. The van der Waals surface area contributed by atoms with Crippen molar-refractivity contribution in [1.29, 1.82) is 0 Å². The number of halogens is 1. The molecule has 0 saturated carbocycles. The molecule has 0 atom stereocenters. The zero-order valence-electron chi connectivity index (χ0n) is 18.8. The van der Waals surface area contributed by atoms with Crippen molar-refractivity contribution < 1.29 is 9.53 Å². The number of ether oxygens (including phenoxy) is 1. The van der Waals surface area contributed by atoms with E-state index in [0.29, 0.717) is 51.2 Å². The quantitative estimate of drug-likeness (QED) is 0.373. The van der Waals surface area contributed by atoms with E-state index in [9.17, 15) is 9.59 Å². The molecule has 0 fully saturated rings.